The minimum atomic E-state index is -3.53. The number of nitrogens with zero attached hydrogens (tertiary/aromatic N) is 1. The first-order valence-corrected chi connectivity index (χ1v) is 10.2. The van der Waals surface area contributed by atoms with Crippen molar-refractivity contribution in [1.82, 2.24) is 0 Å². The van der Waals surface area contributed by atoms with Gasteiger partial charge in [-0.1, -0.05) is 24.3 Å². The number of carbonyl (C=O) groups excluding carboxylic acids is 1. The molecule has 0 aromatic heterocycles. The van der Waals surface area contributed by atoms with E-state index in [4.69, 9.17) is 9.47 Å². The molecule has 2 aromatic carbocycles. The van der Waals surface area contributed by atoms with E-state index in [1.807, 2.05) is 12.1 Å². The zero-order valence-electron chi connectivity index (χ0n) is 15.2. The fourth-order valence-electron chi connectivity index (χ4n) is 2.89. The van der Waals surface area contributed by atoms with Crippen LogP contribution >= 0.6 is 0 Å². The lowest BCUT2D eigenvalue weighted by Crippen LogP contribution is -2.49. The molecule has 7 nitrogen and oxygen atoms in total. The minimum Gasteiger partial charge on any atom is -0.476 e. The van der Waals surface area contributed by atoms with Crippen LogP contribution in [0.1, 0.15) is 12.5 Å². The summed E-state index contributed by atoms with van der Waals surface area (Å²) in [6.45, 7) is 1.93. The maximum absolute atomic E-state index is 12.7. The number of anilines is 2. The van der Waals surface area contributed by atoms with Gasteiger partial charge in [-0.3, -0.25) is 9.10 Å². The van der Waals surface area contributed by atoms with Crippen LogP contribution in [0.15, 0.2) is 48.5 Å². The fourth-order valence-corrected chi connectivity index (χ4v) is 4.01. The molecular formula is C19H22N2O5S. The predicted molar refractivity (Wildman–Crippen MR) is 103 cm³/mol. The molecule has 144 valence electrons. The average Bonchev–Trinajstić information content (AvgIpc) is 2.67. The molecule has 1 amide bonds. The van der Waals surface area contributed by atoms with Crippen LogP contribution in [0.2, 0.25) is 0 Å². The molecule has 2 aromatic rings. The molecule has 0 radical (unpaired) electrons. The highest BCUT2D eigenvalue weighted by Crippen LogP contribution is 2.35. The summed E-state index contributed by atoms with van der Waals surface area (Å²) in [5.41, 5.74) is 1.97. The number of fused-ring (bicyclic) bond motifs is 1. The van der Waals surface area contributed by atoms with Crippen LogP contribution in [-0.4, -0.2) is 39.8 Å². The van der Waals surface area contributed by atoms with Gasteiger partial charge < -0.3 is 14.8 Å². The molecule has 0 fully saturated rings. The van der Waals surface area contributed by atoms with Crippen molar-refractivity contribution in [2.45, 2.75) is 19.6 Å². The Kier molecular flexibility index (Phi) is 5.67. The molecule has 0 aliphatic carbocycles. The highest BCUT2D eigenvalue weighted by molar-refractivity contribution is 7.92. The molecule has 1 N–H and O–H groups in total. The van der Waals surface area contributed by atoms with Gasteiger partial charge in [0, 0.05) is 12.8 Å². The number of methoxy groups -OCH3 is 1. The average molecular weight is 390 g/mol. The van der Waals surface area contributed by atoms with Gasteiger partial charge >= 0.3 is 0 Å². The monoisotopic (exact) mass is 390 g/mol. The number of nitrogens with one attached hydrogen (secondary N) is 1. The first-order valence-electron chi connectivity index (χ1n) is 8.59. The summed E-state index contributed by atoms with van der Waals surface area (Å²) in [4.78, 5) is 12.7. The lowest BCUT2D eigenvalue weighted by Gasteiger charge is -2.34. The second-order valence-corrected chi connectivity index (χ2v) is 8.31. The minimum absolute atomic E-state index is 0.0608. The molecule has 1 aliphatic rings. The van der Waals surface area contributed by atoms with Gasteiger partial charge in [0.15, 0.2) is 6.10 Å². The van der Waals surface area contributed by atoms with Gasteiger partial charge in [0.2, 0.25) is 10.0 Å². The zero-order chi connectivity index (χ0) is 19.4. The number of ether oxygens (including phenoxy) is 2. The Labute approximate surface area is 158 Å². The third-order valence-corrected chi connectivity index (χ3v) is 5.98. The maximum Gasteiger partial charge on any atom is 0.267 e. The molecule has 8 heteroatoms. The van der Waals surface area contributed by atoms with Crippen LogP contribution in [0.4, 0.5) is 11.4 Å². The van der Waals surface area contributed by atoms with Crippen molar-refractivity contribution in [2.24, 2.45) is 0 Å². The van der Waals surface area contributed by atoms with Crippen molar-refractivity contribution in [3.8, 4) is 5.75 Å². The number of benzene rings is 2. The SMILES string of the molecule is CCS(=O)(=O)N1C[C@@H](C(=O)Nc2cccc(COC)c2)Oc2ccccc21. The summed E-state index contributed by atoms with van der Waals surface area (Å²) in [6.07, 6.45) is -0.952. The Hall–Kier alpha value is -2.58. The summed E-state index contributed by atoms with van der Waals surface area (Å²) in [6, 6.07) is 14.1. The van der Waals surface area contributed by atoms with E-state index in [2.05, 4.69) is 5.32 Å². The van der Waals surface area contributed by atoms with Gasteiger partial charge in [0.05, 0.1) is 24.6 Å². The second kappa shape index (κ2) is 7.98. The first-order chi connectivity index (χ1) is 12.9. The fraction of sp³-hybridized carbons (Fsp3) is 0.316. The number of para-hydroxylation sites is 2. The van der Waals surface area contributed by atoms with Crippen LogP contribution in [0.5, 0.6) is 5.75 Å². The van der Waals surface area contributed by atoms with E-state index >= 15 is 0 Å². The molecule has 1 aliphatic heterocycles. The molecule has 1 atom stereocenters. The van der Waals surface area contributed by atoms with E-state index in [1.54, 1.807) is 50.4 Å². The summed E-state index contributed by atoms with van der Waals surface area (Å²) in [5, 5.41) is 2.79. The van der Waals surface area contributed by atoms with Gasteiger partial charge in [0.25, 0.3) is 5.91 Å². The zero-order valence-corrected chi connectivity index (χ0v) is 16.0. The Balaban J connectivity index is 1.83. The van der Waals surface area contributed by atoms with Crippen molar-refractivity contribution in [2.75, 3.05) is 29.0 Å². The van der Waals surface area contributed by atoms with E-state index in [-0.39, 0.29) is 12.3 Å². The van der Waals surface area contributed by atoms with Gasteiger partial charge in [-0.15, -0.1) is 0 Å². The van der Waals surface area contributed by atoms with Gasteiger partial charge in [-0.2, -0.15) is 0 Å². The molecular weight excluding hydrogens is 368 g/mol. The van der Waals surface area contributed by atoms with Crippen LogP contribution in [0, 0.1) is 0 Å². The lowest BCUT2D eigenvalue weighted by atomic mass is 10.2. The Morgan fingerprint density at radius 1 is 1.26 bits per heavy atom. The van der Waals surface area contributed by atoms with E-state index < -0.39 is 22.0 Å². The Morgan fingerprint density at radius 3 is 2.78 bits per heavy atom. The summed E-state index contributed by atoms with van der Waals surface area (Å²) in [5.74, 6) is -0.0983. The van der Waals surface area contributed by atoms with Crippen molar-refractivity contribution >= 4 is 27.3 Å². The van der Waals surface area contributed by atoms with Crippen molar-refractivity contribution in [3.05, 3.63) is 54.1 Å². The number of amides is 1. The van der Waals surface area contributed by atoms with Gasteiger partial charge in [-0.05, 0) is 36.8 Å². The summed E-state index contributed by atoms with van der Waals surface area (Å²) >= 11 is 0. The van der Waals surface area contributed by atoms with Crippen LogP contribution < -0.4 is 14.4 Å². The molecule has 27 heavy (non-hydrogen) atoms. The third kappa shape index (κ3) is 4.23. The molecule has 0 saturated heterocycles. The standard InChI is InChI=1S/C19H22N2O5S/c1-3-27(23,24)21-12-18(26-17-10-5-4-9-16(17)21)19(22)20-15-8-6-7-14(11-15)13-25-2/h4-11,18H,3,12-13H2,1-2H3,(H,20,22)/t18-/m0/s1. The third-order valence-electron chi connectivity index (χ3n) is 4.23. The van der Waals surface area contributed by atoms with Gasteiger partial charge in [0.1, 0.15) is 5.75 Å². The van der Waals surface area contributed by atoms with Crippen molar-refractivity contribution < 1.29 is 22.7 Å². The molecule has 1 heterocycles. The molecule has 0 unspecified atom stereocenters. The number of hydrogen-bond acceptors (Lipinski definition) is 5. The van der Waals surface area contributed by atoms with E-state index in [9.17, 15) is 13.2 Å². The van der Waals surface area contributed by atoms with Crippen molar-refractivity contribution in [3.63, 3.8) is 0 Å². The normalized spacial score (nSPS) is 16.4. The molecule has 0 saturated carbocycles. The first kappa shape index (κ1) is 19.2. The van der Waals surface area contributed by atoms with E-state index in [0.717, 1.165) is 5.56 Å². The predicted octanol–water partition coefficient (Wildman–Crippen LogP) is 2.39. The van der Waals surface area contributed by atoms with Gasteiger partial charge in [-0.25, -0.2) is 8.42 Å². The molecule has 3 rings (SSSR count). The maximum atomic E-state index is 12.7. The quantitative estimate of drug-likeness (QED) is 0.819. The Bertz CT molecular complexity index is 929. The highest BCUT2D eigenvalue weighted by atomic mass is 32.2. The van der Waals surface area contributed by atoms with Crippen LogP contribution in [0.25, 0.3) is 0 Å². The van der Waals surface area contributed by atoms with E-state index in [0.29, 0.717) is 23.7 Å². The van der Waals surface area contributed by atoms with Crippen molar-refractivity contribution in [1.29, 1.82) is 0 Å². The summed E-state index contributed by atoms with van der Waals surface area (Å²) in [7, 11) is -1.93. The number of sulfonamides is 1. The Morgan fingerprint density at radius 2 is 2.04 bits per heavy atom. The van der Waals surface area contributed by atoms with Crippen LogP contribution in [0.3, 0.4) is 0 Å². The number of rotatable bonds is 6. The highest BCUT2D eigenvalue weighted by Gasteiger charge is 2.35. The molecule has 0 spiro atoms. The number of hydrogen-bond donors (Lipinski definition) is 1. The largest absolute Gasteiger partial charge is 0.476 e. The molecule has 0 bridgehead atoms. The second-order valence-electron chi connectivity index (χ2n) is 6.13. The van der Waals surface area contributed by atoms with E-state index in [1.165, 1.54) is 4.31 Å². The smallest absolute Gasteiger partial charge is 0.267 e. The van der Waals surface area contributed by atoms with Crippen LogP contribution in [-0.2, 0) is 26.2 Å². The number of carbonyl (C=O) groups is 1. The lowest BCUT2D eigenvalue weighted by molar-refractivity contribution is -0.122. The topological polar surface area (TPSA) is 84.9 Å². The summed E-state index contributed by atoms with van der Waals surface area (Å²) < 4.78 is 37.1.